The maximum atomic E-state index is 9.70. The Kier molecular flexibility index (Phi) is 11.9. The third kappa shape index (κ3) is 47.1. The molecular weight excluding hydrogens is 120 g/mol. The van der Waals surface area contributed by atoms with Crippen LogP contribution in [-0.4, -0.2) is 26.1 Å². The van der Waals surface area contributed by atoms with E-state index in [9.17, 15) is 4.79 Å². The normalized spacial score (nSPS) is 5.67. The lowest BCUT2D eigenvalue weighted by Crippen LogP contribution is -2.11. The van der Waals surface area contributed by atoms with Crippen LogP contribution < -0.4 is 5.32 Å². The molecule has 9 heavy (non-hydrogen) atoms. The van der Waals surface area contributed by atoms with Crippen LogP contribution in [0.5, 0.6) is 0 Å². The van der Waals surface area contributed by atoms with Gasteiger partial charge in [-0.3, -0.25) is 4.79 Å². The van der Waals surface area contributed by atoms with Gasteiger partial charge in [0, 0.05) is 21.0 Å². The highest BCUT2D eigenvalue weighted by atomic mass is 16.1. The highest BCUT2D eigenvalue weighted by molar-refractivity contribution is 5.72. The molecule has 52 valence electrons. The first-order chi connectivity index (χ1) is 4.18. The molecule has 0 aromatic rings. The summed E-state index contributed by atoms with van der Waals surface area (Å²) < 4.78 is 0. The minimum absolute atomic E-state index is 0.00463. The predicted molar refractivity (Wildman–Crippen MR) is 33.8 cm³/mol. The highest BCUT2D eigenvalue weighted by Gasteiger charge is 1.72. The van der Waals surface area contributed by atoms with Crippen molar-refractivity contribution in [2.75, 3.05) is 14.1 Å². The second kappa shape index (κ2) is 9.97. The summed E-state index contributed by atoms with van der Waals surface area (Å²) >= 11 is 0. The van der Waals surface area contributed by atoms with E-state index in [4.69, 9.17) is 4.79 Å². The monoisotopic (exact) mass is 130 g/mol. The Balaban J connectivity index is 0. The van der Waals surface area contributed by atoms with Gasteiger partial charge in [0.1, 0.15) is 0 Å². The van der Waals surface area contributed by atoms with Gasteiger partial charge < -0.3 is 5.32 Å². The zero-order valence-electron chi connectivity index (χ0n) is 5.76. The number of aliphatic imine (C=N–C) groups is 1. The number of hydrogen-bond donors (Lipinski definition) is 1. The Morgan fingerprint density at radius 3 is 1.89 bits per heavy atom. The molecule has 0 heterocycles. The fraction of sp³-hybridized carbons (Fsp3) is 0.600. The fourth-order valence-electron chi connectivity index (χ4n) is 0. The van der Waals surface area contributed by atoms with Crippen molar-refractivity contribution >= 4 is 12.0 Å². The number of amides is 1. The Morgan fingerprint density at radius 2 is 1.89 bits per heavy atom. The molecule has 0 aliphatic heterocycles. The van der Waals surface area contributed by atoms with E-state index >= 15 is 0 Å². The van der Waals surface area contributed by atoms with Crippen LogP contribution in [0.1, 0.15) is 6.92 Å². The summed E-state index contributed by atoms with van der Waals surface area (Å²) in [7, 11) is 2.98. The van der Waals surface area contributed by atoms with Crippen LogP contribution in [-0.2, 0) is 9.59 Å². The number of carbonyl (C=O) groups is 1. The van der Waals surface area contributed by atoms with Crippen molar-refractivity contribution in [1.82, 2.24) is 5.32 Å². The van der Waals surface area contributed by atoms with Gasteiger partial charge in [0.05, 0.1) is 0 Å². The molecule has 0 radical (unpaired) electrons. The lowest BCUT2D eigenvalue weighted by atomic mass is 10.7. The summed E-state index contributed by atoms with van der Waals surface area (Å²) in [6, 6.07) is 0. The molecule has 0 aliphatic rings. The van der Waals surface area contributed by atoms with E-state index < -0.39 is 0 Å². The number of isocyanates is 1. The molecule has 0 aromatic carbocycles. The lowest BCUT2D eigenvalue weighted by Gasteiger charge is -1.80. The number of nitrogens with one attached hydrogen (secondary N) is 1. The minimum Gasteiger partial charge on any atom is -0.359 e. The van der Waals surface area contributed by atoms with Gasteiger partial charge in [0.25, 0.3) is 0 Å². The van der Waals surface area contributed by atoms with Crippen LogP contribution in [0, 0.1) is 0 Å². The summed E-state index contributed by atoms with van der Waals surface area (Å²) in [5, 5.41) is 2.39. The quantitative estimate of drug-likeness (QED) is 0.361. The smallest absolute Gasteiger partial charge is 0.234 e. The van der Waals surface area contributed by atoms with Crippen molar-refractivity contribution in [2.24, 2.45) is 4.99 Å². The van der Waals surface area contributed by atoms with Crippen LogP contribution in [0.15, 0.2) is 4.99 Å². The molecule has 4 nitrogen and oxygen atoms in total. The summed E-state index contributed by atoms with van der Waals surface area (Å²) in [5.74, 6) is 0.00463. The third-order valence-electron chi connectivity index (χ3n) is 0.443. The topological polar surface area (TPSA) is 58.5 Å². The summed E-state index contributed by atoms with van der Waals surface area (Å²) in [5.41, 5.74) is 0. The van der Waals surface area contributed by atoms with Crippen LogP contribution in [0.25, 0.3) is 0 Å². The van der Waals surface area contributed by atoms with Gasteiger partial charge in [-0.1, -0.05) is 0 Å². The van der Waals surface area contributed by atoms with E-state index in [0.29, 0.717) is 0 Å². The molecule has 0 spiro atoms. The van der Waals surface area contributed by atoms with E-state index in [1.165, 1.54) is 20.1 Å². The van der Waals surface area contributed by atoms with Gasteiger partial charge in [-0.2, -0.15) is 0 Å². The Morgan fingerprint density at radius 1 is 1.67 bits per heavy atom. The van der Waals surface area contributed by atoms with Crippen molar-refractivity contribution in [3.8, 4) is 0 Å². The average Bonchev–Trinajstić information content (AvgIpc) is 1.89. The van der Waals surface area contributed by atoms with Gasteiger partial charge in [0.2, 0.25) is 12.0 Å². The molecule has 0 unspecified atom stereocenters. The number of nitrogens with zero attached hydrogens (tertiary/aromatic N) is 1. The molecule has 0 rings (SSSR count). The standard InChI is InChI=1S/C3H7NO.C2H3NO/c1-3(5)4-2;1-3-2-4/h1-2H3,(H,4,5);1H3. The summed E-state index contributed by atoms with van der Waals surface area (Å²) in [4.78, 5) is 21.5. The fourth-order valence-corrected chi connectivity index (χ4v) is 0. The largest absolute Gasteiger partial charge is 0.359 e. The van der Waals surface area contributed by atoms with Crippen LogP contribution in [0.2, 0.25) is 0 Å². The minimum atomic E-state index is 0.00463. The van der Waals surface area contributed by atoms with Crippen molar-refractivity contribution in [2.45, 2.75) is 6.92 Å². The van der Waals surface area contributed by atoms with E-state index in [-0.39, 0.29) is 5.91 Å². The van der Waals surface area contributed by atoms with Gasteiger partial charge in [-0.25, -0.2) is 9.79 Å². The first-order valence-corrected chi connectivity index (χ1v) is 2.33. The highest BCUT2D eigenvalue weighted by Crippen LogP contribution is 1.45. The third-order valence-corrected chi connectivity index (χ3v) is 0.443. The van der Waals surface area contributed by atoms with Gasteiger partial charge in [0.15, 0.2) is 0 Å². The molecule has 0 saturated heterocycles. The Hall–Kier alpha value is -1.15. The predicted octanol–water partition coefficient (Wildman–Crippen LogP) is -0.296. The van der Waals surface area contributed by atoms with Crippen molar-refractivity contribution in [1.29, 1.82) is 0 Å². The van der Waals surface area contributed by atoms with Gasteiger partial charge >= 0.3 is 0 Å². The van der Waals surface area contributed by atoms with Crippen LogP contribution in [0.4, 0.5) is 0 Å². The van der Waals surface area contributed by atoms with Crippen molar-refractivity contribution < 1.29 is 9.59 Å². The van der Waals surface area contributed by atoms with E-state index in [1.54, 1.807) is 7.05 Å². The second-order valence-electron chi connectivity index (χ2n) is 1.12. The SMILES string of the molecule is CN=C=O.CNC(C)=O. The zero-order valence-corrected chi connectivity index (χ0v) is 5.76. The number of rotatable bonds is 0. The maximum absolute atomic E-state index is 9.70. The Bertz CT molecular complexity index is 116. The first-order valence-electron chi connectivity index (χ1n) is 2.33. The zero-order chi connectivity index (χ0) is 7.70. The van der Waals surface area contributed by atoms with Crippen LogP contribution >= 0.6 is 0 Å². The lowest BCUT2D eigenvalue weighted by molar-refractivity contribution is -0.118. The first kappa shape index (κ1) is 10.8. The molecule has 4 heteroatoms. The average molecular weight is 130 g/mol. The van der Waals surface area contributed by atoms with E-state index in [2.05, 4.69) is 10.3 Å². The van der Waals surface area contributed by atoms with E-state index in [1.807, 2.05) is 0 Å². The van der Waals surface area contributed by atoms with E-state index in [0.717, 1.165) is 0 Å². The molecule has 1 N–H and O–H groups in total. The van der Waals surface area contributed by atoms with Gasteiger partial charge in [-0.15, -0.1) is 0 Å². The molecule has 0 atom stereocenters. The number of hydrogen-bond acceptors (Lipinski definition) is 3. The molecule has 0 fully saturated rings. The molecular formula is C5H10N2O2. The maximum Gasteiger partial charge on any atom is 0.234 e. The Labute approximate surface area is 54.0 Å². The summed E-state index contributed by atoms with van der Waals surface area (Å²) in [6.07, 6.45) is 1.31. The number of carbonyl (C=O) groups excluding carboxylic acids is 2. The van der Waals surface area contributed by atoms with Crippen molar-refractivity contribution in [3.05, 3.63) is 0 Å². The summed E-state index contributed by atoms with van der Waals surface area (Å²) in [6.45, 7) is 1.47. The second-order valence-corrected chi connectivity index (χ2v) is 1.12. The molecule has 0 bridgehead atoms. The molecule has 0 aliphatic carbocycles. The molecule has 0 saturated carbocycles. The molecule has 0 aromatic heterocycles. The van der Waals surface area contributed by atoms with Crippen molar-refractivity contribution in [3.63, 3.8) is 0 Å². The van der Waals surface area contributed by atoms with Crippen LogP contribution in [0.3, 0.4) is 0 Å². The molecule has 1 amide bonds. The van der Waals surface area contributed by atoms with Gasteiger partial charge in [-0.05, 0) is 0 Å².